The Labute approximate surface area is 136 Å². The first-order chi connectivity index (χ1) is 11.1. The number of para-hydroxylation sites is 2. The molecule has 126 valence electrons. The van der Waals surface area contributed by atoms with Crippen LogP contribution in [-0.4, -0.2) is 31.7 Å². The molecule has 1 aromatic heterocycles. The number of anilines is 1. The van der Waals surface area contributed by atoms with Crippen LogP contribution in [0.1, 0.15) is 32.6 Å². The van der Waals surface area contributed by atoms with E-state index in [1.165, 1.54) is 0 Å². The largest absolute Gasteiger partial charge is 0.424 e. The summed E-state index contributed by atoms with van der Waals surface area (Å²) in [5.41, 5.74) is 1.65. The maximum Gasteiger partial charge on any atom is 0.295 e. The lowest BCUT2D eigenvalue weighted by atomic mass is 9.86. The van der Waals surface area contributed by atoms with E-state index in [0.29, 0.717) is 24.5 Å². The first kappa shape index (κ1) is 16.3. The Hall–Kier alpha value is -1.60. The number of hydrogen-bond donors (Lipinski definition) is 2. The number of aromatic nitrogens is 1. The molecule has 1 aliphatic rings. The summed E-state index contributed by atoms with van der Waals surface area (Å²) in [7, 11) is -3.09. The Bertz CT molecular complexity index is 716. The van der Waals surface area contributed by atoms with Gasteiger partial charge >= 0.3 is 0 Å². The molecule has 1 fully saturated rings. The van der Waals surface area contributed by atoms with Gasteiger partial charge < -0.3 is 9.73 Å². The predicted octanol–water partition coefficient (Wildman–Crippen LogP) is 2.74. The molecule has 0 bridgehead atoms. The summed E-state index contributed by atoms with van der Waals surface area (Å²) in [4.78, 5) is 4.44. The molecule has 1 aliphatic carbocycles. The van der Waals surface area contributed by atoms with Gasteiger partial charge in [-0.15, -0.1) is 0 Å². The highest BCUT2D eigenvalue weighted by molar-refractivity contribution is 7.89. The number of nitrogens with one attached hydrogen (secondary N) is 2. The highest BCUT2D eigenvalue weighted by atomic mass is 32.2. The van der Waals surface area contributed by atoms with Crippen molar-refractivity contribution < 1.29 is 12.8 Å². The van der Waals surface area contributed by atoms with Crippen molar-refractivity contribution in [2.24, 2.45) is 5.92 Å². The van der Waals surface area contributed by atoms with Gasteiger partial charge in [0.2, 0.25) is 10.0 Å². The molecule has 0 saturated heterocycles. The summed E-state index contributed by atoms with van der Waals surface area (Å²) in [6.07, 6.45) is 4.00. The highest BCUT2D eigenvalue weighted by Crippen LogP contribution is 2.27. The van der Waals surface area contributed by atoms with E-state index >= 15 is 0 Å². The van der Waals surface area contributed by atoms with Crippen LogP contribution in [0, 0.1) is 5.92 Å². The van der Waals surface area contributed by atoms with Gasteiger partial charge in [0.05, 0.1) is 5.75 Å². The van der Waals surface area contributed by atoms with Crippen LogP contribution in [0.2, 0.25) is 0 Å². The number of rotatable bonds is 6. The lowest BCUT2D eigenvalue weighted by Crippen LogP contribution is -2.34. The van der Waals surface area contributed by atoms with Crippen LogP contribution in [0.5, 0.6) is 0 Å². The summed E-state index contributed by atoms with van der Waals surface area (Å²) in [5.74, 6) is 0.555. The molecule has 1 aromatic carbocycles. The molecule has 0 atom stereocenters. The van der Waals surface area contributed by atoms with Crippen LogP contribution in [0.4, 0.5) is 6.01 Å². The lowest BCUT2D eigenvalue weighted by molar-refractivity contribution is 0.334. The van der Waals surface area contributed by atoms with Crippen molar-refractivity contribution in [2.75, 3.05) is 17.6 Å². The van der Waals surface area contributed by atoms with E-state index in [1.807, 2.05) is 24.3 Å². The molecule has 7 heteroatoms. The van der Waals surface area contributed by atoms with Crippen molar-refractivity contribution in [2.45, 2.75) is 38.6 Å². The van der Waals surface area contributed by atoms with Crippen LogP contribution in [-0.2, 0) is 10.0 Å². The lowest BCUT2D eigenvalue weighted by Gasteiger charge is -2.28. The standard InChI is InChI=1S/C16H23N3O3S/c1-2-23(20,21)17-11-12-7-9-13(10-8-12)18-16-19-14-5-3-4-6-15(14)22-16/h3-6,12-13,17H,2,7-11H2,1H3,(H,18,19). The summed E-state index contributed by atoms with van der Waals surface area (Å²) in [6, 6.07) is 8.62. The van der Waals surface area contributed by atoms with Crippen LogP contribution in [0.3, 0.4) is 0 Å². The number of nitrogens with zero attached hydrogens (tertiary/aromatic N) is 1. The van der Waals surface area contributed by atoms with Crippen LogP contribution < -0.4 is 10.0 Å². The monoisotopic (exact) mass is 337 g/mol. The predicted molar refractivity (Wildman–Crippen MR) is 90.8 cm³/mol. The number of fused-ring (bicyclic) bond motifs is 1. The topological polar surface area (TPSA) is 84.2 Å². The first-order valence-corrected chi connectivity index (χ1v) is 9.80. The number of benzene rings is 1. The highest BCUT2D eigenvalue weighted by Gasteiger charge is 2.23. The van der Waals surface area contributed by atoms with Gasteiger partial charge in [0.15, 0.2) is 5.58 Å². The molecule has 0 unspecified atom stereocenters. The molecule has 0 radical (unpaired) electrons. The molecule has 2 aromatic rings. The Morgan fingerprint density at radius 1 is 1.22 bits per heavy atom. The first-order valence-electron chi connectivity index (χ1n) is 8.15. The zero-order chi connectivity index (χ0) is 16.3. The molecule has 3 rings (SSSR count). The molecular weight excluding hydrogens is 314 g/mol. The summed E-state index contributed by atoms with van der Waals surface area (Å²) in [6.45, 7) is 2.20. The molecule has 2 N–H and O–H groups in total. The third-order valence-corrected chi connectivity index (χ3v) is 5.81. The summed E-state index contributed by atoms with van der Waals surface area (Å²) in [5, 5.41) is 3.36. The third kappa shape index (κ3) is 4.23. The fraction of sp³-hybridized carbons (Fsp3) is 0.562. The van der Waals surface area contributed by atoms with Crippen LogP contribution in [0.15, 0.2) is 28.7 Å². The van der Waals surface area contributed by atoms with Gasteiger partial charge in [0.25, 0.3) is 6.01 Å². The van der Waals surface area contributed by atoms with E-state index in [0.717, 1.165) is 36.8 Å². The van der Waals surface area contributed by atoms with Crippen molar-refractivity contribution in [1.29, 1.82) is 0 Å². The molecule has 6 nitrogen and oxygen atoms in total. The Morgan fingerprint density at radius 2 is 1.96 bits per heavy atom. The normalized spacial score (nSPS) is 22.3. The van der Waals surface area contributed by atoms with Crippen molar-refractivity contribution in [3.63, 3.8) is 0 Å². The van der Waals surface area contributed by atoms with E-state index in [9.17, 15) is 8.42 Å². The van der Waals surface area contributed by atoms with Crippen molar-refractivity contribution >= 4 is 27.1 Å². The van der Waals surface area contributed by atoms with E-state index < -0.39 is 10.0 Å². The minimum absolute atomic E-state index is 0.140. The second-order valence-corrected chi connectivity index (χ2v) is 8.20. The SMILES string of the molecule is CCS(=O)(=O)NCC1CCC(Nc2nc3ccccc3o2)CC1. The van der Waals surface area contributed by atoms with Gasteiger partial charge in [0.1, 0.15) is 5.52 Å². The van der Waals surface area contributed by atoms with Gasteiger partial charge in [-0.2, -0.15) is 4.98 Å². The zero-order valence-corrected chi connectivity index (χ0v) is 14.1. The maximum absolute atomic E-state index is 11.5. The number of sulfonamides is 1. The molecule has 23 heavy (non-hydrogen) atoms. The van der Waals surface area contributed by atoms with E-state index in [2.05, 4.69) is 15.0 Å². The Morgan fingerprint density at radius 3 is 2.65 bits per heavy atom. The van der Waals surface area contributed by atoms with Gasteiger partial charge in [-0.1, -0.05) is 12.1 Å². The smallest absolute Gasteiger partial charge is 0.295 e. The molecule has 1 saturated carbocycles. The van der Waals surface area contributed by atoms with Crippen molar-refractivity contribution in [3.05, 3.63) is 24.3 Å². The minimum atomic E-state index is -3.09. The Balaban J connectivity index is 1.49. The second-order valence-electron chi connectivity index (χ2n) is 6.10. The van der Waals surface area contributed by atoms with Gasteiger partial charge in [-0.25, -0.2) is 13.1 Å². The van der Waals surface area contributed by atoms with Crippen molar-refractivity contribution in [3.8, 4) is 0 Å². The second kappa shape index (κ2) is 6.88. The molecular formula is C16H23N3O3S. The molecule has 1 heterocycles. The average molecular weight is 337 g/mol. The van der Waals surface area contributed by atoms with Gasteiger partial charge in [-0.3, -0.25) is 0 Å². The molecule has 0 spiro atoms. The fourth-order valence-corrected chi connectivity index (χ4v) is 3.66. The molecule has 0 aliphatic heterocycles. The van der Waals surface area contributed by atoms with Crippen LogP contribution >= 0.6 is 0 Å². The number of oxazole rings is 1. The van der Waals surface area contributed by atoms with Crippen LogP contribution in [0.25, 0.3) is 11.1 Å². The van der Waals surface area contributed by atoms with Gasteiger partial charge in [-0.05, 0) is 50.7 Å². The molecule has 0 amide bonds. The average Bonchev–Trinajstić information content (AvgIpc) is 2.96. The summed E-state index contributed by atoms with van der Waals surface area (Å²) < 4.78 is 31.3. The maximum atomic E-state index is 11.5. The quantitative estimate of drug-likeness (QED) is 0.847. The third-order valence-electron chi connectivity index (χ3n) is 4.44. The van der Waals surface area contributed by atoms with E-state index in [-0.39, 0.29) is 5.75 Å². The Kier molecular flexibility index (Phi) is 4.87. The minimum Gasteiger partial charge on any atom is -0.424 e. The summed E-state index contributed by atoms with van der Waals surface area (Å²) >= 11 is 0. The van der Waals surface area contributed by atoms with E-state index in [1.54, 1.807) is 6.92 Å². The van der Waals surface area contributed by atoms with Gasteiger partial charge in [0, 0.05) is 12.6 Å². The zero-order valence-electron chi connectivity index (χ0n) is 13.3. The fourth-order valence-electron chi connectivity index (χ4n) is 2.97. The number of hydrogen-bond acceptors (Lipinski definition) is 5. The van der Waals surface area contributed by atoms with Crippen molar-refractivity contribution in [1.82, 2.24) is 9.71 Å². The van der Waals surface area contributed by atoms with E-state index in [4.69, 9.17) is 4.42 Å².